The Hall–Kier alpha value is -1.03. The Bertz CT molecular complexity index is 324. The minimum Gasteiger partial charge on any atom is -0.409 e. The molecule has 4 nitrogen and oxygen atoms in total. The van der Waals surface area contributed by atoms with Gasteiger partial charge in [-0.15, -0.1) is 0 Å². The lowest BCUT2D eigenvalue weighted by molar-refractivity contribution is 0.306. The van der Waals surface area contributed by atoms with Gasteiger partial charge >= 0.3 is 0 Å². The van der Waals surface area contributed by atoms with Gasteiger partial charge in [0.2, 0.25) is 0 Å². The predicted molar refractivity (Wildman–Crippen MR) is 51.3 cm³/mol. The molecule has 0 saturated carbocycles. The van der Waals surface area contributed by atoms with Crippen LogP contribution in [0.2, 0.25) is 5.02 Å². The summed E-state index contributed by atoms with van der Waals surface area (Å²) in [6, 6.07) is 0. The quantitative estimate of drug-likeness (QED) is 0.303. The molecule has 0 amide bonds. The number of nitrogens with zero attached hydrogens (tertiary/aromatic N) is 3. The summed E-state index contributed by atoms with van der Waals surface area (Å²) in [5.74, 6) is 0.458. The molecule has 1 rings (SSSR count). The van der Waals surface area contributed by atoms with Gasteiger partial charge in [-0.05, 0) is 0 Å². The summed E-state index contributed by atoms with van der Waals surface area (Å²) in [6.45, 7) is 5.78. The Morgan fingerprint density at radius 1 is 1.62 bits per heavy atom. The zero-order chi connectivity index (χ0) is 10.1. The minimum atomic E-state index is -0.274. The van der Waals surface area contributed by atoms with Crippen molar-refractivity contribution in [2.45, 2.75) is 20.8 Å². The normalized spacial score (nSPS) is 13.4. The Kier molecular flexibility index (Phi) is 2.61. The molecular weight excluding hydrogens is 190 g/mol. The second-order valence-electron chi connectivity index (χ2n) is 3.78. The van der Waals surface area contributed by atoms with Gasteiger partial charge in [-0.2, -0.15) is 5.10 Å². The van der Waals surface area contributed by atoms with Crippen molar-refractivity contribution in [3.05, 3.63) is 17.4 Å². The van der Waals surface area contributed by atoms with Gasteiger partial charge in [-0.1, -0.05) is 37.5 Å². The molecule has 0 atom stereocenters. The van der Waals surface area contributed by atoms with Crippen LogP contribution in [0.1, 0.15) is 20.8 Å². The summed E-state index contributed by atoms with van der Waals surface area (Å²) in [6.07, 6.45) is 3.10. The summed E-state index contributed by atoms with van der Waals surface area (Å²) in [4.78, 5) is 0. The Labute approximate surface area is 81.8 Å². The number of aromatic nitrogens is 2. The average Bonchev–Trinajstić information content (AvgIpc) is 2.34. The van der Waals surface area contributed by atoms with Crippen molar-refractivity contribution in [2.75, 3.05) is 0 Å². The topological polar surface area (TPSA) is 50.4 Å². The zero-order valence-corrected chi connectivity index (χ0v) is 8.58. The van der Waals surface area contributed by atoms with E-state index in [0.717, 1.165) is 0 Å². The average molecular weight is 202 g/mol. The lowest BCUT2D eigenvalue weighted by Gasteiger charge is -2.18. The number of hydrogen-bond acceptors (Lipinski definition) is 3. The molecule has 1 heterocycles. The highest BCUT2D eigenvalue weighted by atomic mass is 35.5. The summed E-state index contributed by atoms with van der Waals surface area (Å²) in [7, 11) is 0. The molecule has 0 aromatic carbocycles. The van der Waals surface area contributed by atoms with Crippen molar-refractivity contribution in [3.63, 3.8) is 0 Å². The Balaban J connectivity index is 3.06. The van der Waals surface area contributed by atoms with Crippen molar-refractivity contribution < 1.29 is 5.21 Å². The van der Waals surface area contributed by atoms with E-state index in [1.807, 2.05) is 20.8 Å². The first-order valence-corrected chi connectivity index (χ1v) is 4.26. The molecule has 0 saturated heterocycles. The van der Waals surface area contributed by atoms with Gasteiger partial charge in [0.05, 0.1) is 17.4 Å². The molecule has 1 aromatic heterocycles. The van der Waals surface area contributed by atoms with Crippen molar-refractivity contribution in [1.29, 1.82) is 0 Å². The molecule has 0 fully saturated rings. The number of hydrogen-bond donors (Lipinski definition) is 1. The fraction of sp³-hybridized carbons (Fsp3) is 0.500. The number of halogens is 1. The molecule has 0 aliphatic carbocycles. The van der Waals surface area contributed by atoms with Crippen LogP contribution < -0.4 is 0 Å². The maximum atomic E-state index is 8.81. The molecular formula is C8H12ClN3O. The number of rotatable bonds is 0. The van der Waals surface area contributed by atoms with Gasteiger partial charge in [0.1, 0.15) is 0 Å². The third kappa shape index (κ3) is 2.21. The van der Waals surface area contributed by atoms with Gasteiger partial charge in [0.15, 0.2) is 5.84 Å². The summed E-state index contributed by atoms with van der Waals surface area (Å²) in [5, 5.41) is 16.5. The molecule has 5 heteroatoms. The SMILES string of the molecule is CC(C)(C)/C(=N/O)n1cc(Cl)cn1. The lowest BCUT2D eigenvalue weighted by atomic mass is 9.95. The highest BCUT2D eigenvalue weighted by Gasteiger charge is 2.22. The van der Waals surface area contributed by atoms with E-state index in [1.54, 1.807) is 6.20 Å². The van der Waals surface area contributed by atoms with E-state index in [-0.39, 0.29) is 5.41 Å². The van der Waals surface area contributed by atoms with Crippen LogP contribution >= 0.6 is 11.6 Å². The molecule has 1 aromatic rings. The van der Waals surface area contributed by atoms with Crippen LogP contribution in [-0.2, 0) is 0 Å². The minimum absolute atomic E-state index is 0.274. The van der Waals surface area contributed by atoms with Crippen molar-refractivity contribution >= 4 is 17.4 Å². The highest BCUT2D eigenvalue weighted by molar-refractivity contribution is 6.30. The van der Waals surface area contributed by atoms with E-state index in [9.17, 15) is 0 Å². The van der Waals surface area contributed by atoms with Crippen molar-refractivity contribution in [2.24, 2.45) is 10.6 Å². The van der Waals surface area contributed by atoms with E-state index >= 15 is 0 Å². The van der Waals surface area contributed by atoms with E-state index in [1.165, 1.54) is 10.9 Å². The molecule has 0 aliphatic rings. The third-order valence-corrected chi connectivity index (χ3v) is 1.73. The third-order valence-electron chi connectivity index (χ3n) is 1.53. The zero-order valence-electron chi connectivity index (χ0n) is 7.82. The predicted octanol–water partition coefficient (Wildman–Crippen LogP) is 2.22. The van der Waals surface area contributed by atoms with Gasteiger partial charge in [-0.3, -0.25) is 0 Å². The first kappa shape index (κ1) is 10.1. The van der Waals surface area contributed by atoms with Crippen LogP contribution in [0.4, 0.5) is 0 Å². The summed E-state index contributed by atoms with van der Waals surface area (Å²) < 4.78 is 1.46. The Morgan fingerprint density at radius 3 is 2.54 bits per heavy atom. The van der Waals surface area contributed by atoms with Gasteiger partial charge in [0.25, 0.3) is 0 Å². The van der Waals surface area contributed by atoms with E-state index in [2.05, 4.69) is 10.3 Å². The fourth-order valence-electron chi connectivity index (χ4n) is 0.956. The highest BCUT2D eigenvalue weighted by Crippen LogP contribution is 2.18. The fourth-order valence-corrected chi connectivity index (χ4v) is 1.09. The van der Waals surface area contributed by atoms with E-state index in [0.29, 0.717) is 10.9 Å². The monoisotopic (exact) mass is 201 g/mol. The van der Waals surface area contributed by atoms with Crippen LogP contribution in [0.3, 0.4) is 0 Å². The van der Waals surface area contributed by atoms with Crippen molar-refractivity contribution in [3.8, 4) is 0 Å². The van der Waals surface area contributed by atoms with E-state index in [4.69, 9.17) is 16.8 Å². The first-order chi connectivity index (χ1) is 5.95. The van der Waals surface area contributed by atoms with Gasteiger partial charge < -0.3 is 5.21 Å². The molecule has 0 unspecified atom stereocenters. The van der Waals surface area contributed by atoms with Gasteiger partial charge in [0, 0.05) is 5.41 Å². The van der Waals surface area contributed by atoms with Crippen LogP contribution in [-0.4, -0.2) is 20.8 Å². The standard InChI is InChI=1S/C8H12ClN3O/c1-8(2,3)7(11-13)12-5-6(9)4-10-12/h4-5,13H,1-3H3/b11-7-. The molecule has 0 radical (unpaired) electrons. The lowest BCUT2D eigenvalue weighted by Crippen LogP contribution is -2.28. The van der Waals surface area contributed by atoms with Crippen LogP contribution in [0.25, 0.3) is 0 Å². The second-order valence-corrected chi connectivity index (χ2v) is 4.21. The van der Waals surface area contributed by atoms with Crippen LogP contribution in [0, 0.1) is 5.41 Å². The summed E-state index contributed by atoms with van der Waals surface area (Å²) in [5.41, 5.74) is -0.274. The first-order valence-electron chi connectivity index (χ1n) is 3.88. The largest absolute Gasteiger partial charge is 0.409 e. The molecule has 0 spiro atoms. The van der Waals surface area contributed by atoms with Crippen molar-refractivity contribution in [1.82, 2.24) is 9.78 Å². The second kappa shape index (κ2) is 3.38. The summed E-state index contributed by atoms with van der Waals surface area (Å²) >= 11 is 5.69. The van der Waals surface area contributed by atoms with E-state index < -0.39 is 0 Å². The van der Waals surface area contributed by atoms with Gasteiger partial charge in [-0.25, -0.2) is 4.68 Å². The number of oxime groups is 1. The Morgan fingerprint density at radius 2 is 2.23 bits per heavy atom. The maximum absolute atomic E-state index is 8.81. The molecule has 13 heavy (non-hydrogen) atoms. The maximum Gasteiger partial charge on any atom is 0.174 e. The molecule has 0 bridgehead atoms. The van der Waals surface area contributed by atoms with Crippen LogP contribution in [0.5, 0.6) is 0 Å². The molecule has 0 aliphatic heterocycles. The molecule has 72 valence electrons. The van der Waals surface area contributed by atoms with Crippen LogP contribution in [0.15, 0.2) is 17.5 Å². The smallest absolute Gasteiger partial charge is 0.174 e. The molecule has 1 N–H and O–H groups in total.